The Morgan fingerprint density at radius 3 is 2.44 bits per heavy atom. The largest absolute Gasteiger partial charge is 0.465 e. The van der Waals surface area contributed by atoms with Crippen molar-refractivity contribution in [2.75, 3.05) is 7.11 Å². The molecule has 0 atom stereocenters. The van der Waals surface area contributed by atoms with Crippen molar-refractivity contribution in [2.45, 2.75) is 6.92 Å². The zero-order valence-corrected chi connectivity index (χ0v) is 17.1. The van der Waals surface area contributed by atoms with E-state index in [1.54, 1.807) is 36.0 Å². The third kappa shape index (κ3) is 2.99. The summed E-state index contributed by atoms with van der Waals surface area (Å²) < 4.78 is 35.9. The van der Waals surface area contributed by atoms with E-state index in [4.69, 9.17) is 4.74 Å². The van der Waals surface area contributed by atoms with Crippen LogP contribution in [0.3, 0.4) is 0 Å². The van der Waals surface area contributed by atoms with Gasteiger partial charge in [0, 0.05) is 18.6 Å². The van der Waals surface area contributed by atoms with Gasteiger partial charge in [0.1, 0.15) is 28.5 Å². The zero-order chi connectivity index (χ0) is 22.4. The Kier molecular flexibility index (Phi) is 4.62. The van der Waals surface area contributed by atoms with E-state index in [-0.39, 0.29) is 16.5 Å². The van der Waals surface area contributed by atoms with Gasteiger partial charge in [0.05, 0.1) is 29.3 Å². The van der Waals surface area contributed by atoms with E-state index >= 15 is 0 Å². The molecule has 0 aliphatic rings. The van der Waals surface area contributed by atoms with Crippen LogP contribution < -0.4 is 0 Å². The summed E-state index contributed by atoms with van der Waals surface area (Å²) in [6.07, 6.45) is 4.71. The second-order valence-corrected chi connectivity index (χ2v) is 7.20. The van der Waals surface area contributed by atoms with Crippen LogP contribution in [0.2, 0.25) is 0 Å². The van der Waals surface area contributed by atoms with Gasteiger partial charge >= 0.3 is 5.97 Å². The molecule has 5 rings (SSSR count). The van der Waals surface area contributed by atoms with Crippen molar-refractivity contribution in [2.24, 2.45) is 0 Å². The minimum atomic E-state index is -0.627. The molecule has 0 N–H and O–H groups in total. The van der Waals surface area contributed by atoms with Crippen LogP contribution in [0.4, 0.5) is 8.78 Å². The zero-order valence-electron chi connectivity index (χ0n) is 17.1. The molecular formula is C24H16F2N4O2. The number of ether oxygens (including phenoxy) is 1. The molecule has 0 spiro atoms. The van der Waals surface area contributed by atoms with Crippen molar-refractivity contribution in [3.05, 3.63) is 84.1 Å². The molecule has 32 heavy (non-hydrogen) atoms. The van der Waals surface area contributed by atoms with Crippen LogP contribution in [-0.4, -0.2) is 32.6 Å². The van der Waals surface area contributed by atoms with Gasteiger partial charge in [-0.25, -0.2) is 18.6 Å². The van der Waals surface area contributed by atoms with Crippen LogP contribution in [0, 0.1) is 18.6 Å². The minimum Gasteiger partial charge on any atom is -0.465 e. The molecule has 0 radical (unpaired) electrons. The molecule has 0 fully saturated rings. The molecule has 0 aliphatic carbocycles. The summed E-state index contributed by atoms with van der Waals surface area (Å²) in [6.45, 7) is 1.73. The predicted molar refractivity (Wildman–Crippen MR) is 116 cm³/mol. The smallest absolute Gasteiger partial charge is 0.340 e. The van der Waals surface area contributed by atoms with Crippen LogP contribution in [0.1, 0.15) is 16.2 Å². The van der Waals surface area contributed by atoms with E-state index in [1.807, 2.05) is 18.2 Å². The quantitative estimate of drug-likeness (QED) is 0.377. The number of esters is 1. The number of aromatic nitrogens is 4. The van der Waals surface area contributed by atoms with Crippen LogP contribution >= 0.6 is 0 Å². The Morgan fingerprint density at radius 2 is 1.69 bits per heavy atom. The van der Waals surface area contributed by atoms with Crippen LogP contribution in [0.25, 0.3) is 38.8 Å². The Labute approximate surface area is 181 Å². The topological polar surface area (TPSA) is 69.9 Å². The molecule has 0 saturated heterocycles. The average Bonchev–Trinajstić information content (AvgIpc) is 3.16. The summed E-state index contributed by atoms with van der Waals surface area (Å²) in [5.74, 6) is -1.29. The van der Waals surface area contributed by atoms with Gasteiger partial charge in [-0.1, -0.05) is 0 Å². The Hall–Kier alpha value is -4.20. The lowest BCUT2D eigenvalue weighted by molar-refractivity contribution is 0.0603. The first kappa shape index (κ1) is 19.7. The van der Waals surface area contributed by atoms with E-state index in [9.17, 15) is 13.6 Å². The maximum absolute atomic E-state index is 14.8. The molecule has 0 aliphatic heterocycles. The number of fused-ring (bicyclic) bond motifs is 2. The van der Waals surface area contributed by atoms with Crippen molar-refractivity contribution in [1.82, 2.24) is 19.5 Å². The Balaban J connectivity index is 1.90. The summed E-state index contributed by atoms with van der Waals surface area (Å²) >= 11 is 0. The van der Waals surface area contributed by atoms with Crippen molar-refractivity contribution < 1.29 is 18.3 Å². The van der Waals surface area contributed by atoms with Gasteiger partial charge in [0.25, 0.3) is 0 Å². The molecule has 2 aromatic carbocycles. The number of nitrogens with zero attached hydrogens (tertiary/aromatic N) is 4. The van der Waals surface area contributed by atoms with Gasteiger partial charge in [-0.2, -0.15) is 0 Å². The first-order chi connectivity index (χ1) is 15.5. The third-order valence-corrected chi connectivity index (χ3v) is 5.36. The number of aryl methyl sites for hydroxylation is 1. The number of methoxy groups -OCH3 is 1. The second-order valence-electron chi connectivity index (χ2n) is 7.20. The van der Waals surface area contributed by atoms with Gasteiger partial charge < -0.3 is 4.74 Å². The highest BCUT2D eigenvalue weighted by Gasteiger charge is 2.22. The van der Waals surface area contributed by atoms with E-state index in [0.29, 0.717) is 22.5 Å². The highest BCUT2D eigenvalue weighted by Crippen LogP contribution is 2.33. The number of rotatable bonds is 3. The van der Waals surface area contributed by atoms with Crippen molar-refractivity contribution in [3.63, 3.8) is 0 Å². The number of hydrogen-bond donors (Lipinski definition) is 0. The highest BCUT2D eigenvalue weighted by molar-refractivity contribution is 6.05. The SMILES string of the molecule is COC(=O)c1cc(-c2ccncc2)cc2c1nc(C)n2-c1ccnc2c(F)ccc(F)c12. The summed E-state index contributed by atoms with van der Waals surface area (Å²) in [5.41, 5.74) is 3.06. The van der Waals surface area contributed by atoms with Crippen molar-refractivity contribution in [3.8, 4) is 16.8 Å². The number of halogens is 2. The molecule has 0 amide bonds. The first-order valence-electron chi connectivity index (χ1n) is 9.74. The van der Waals surface area contributed by atoms with E-state index in [2.05, 4.69) is 15.0 Å². The summed E-state index contributed by atoms with van der Waals surface area (Å²) in [7, 11) is 1.30. The van der Waals surface area contributed by atoms with E-state index < -0.39 is 17.6 Å². The molecule has 158 valence electrons. The van der Waals surface area contributed by atoms with Crippen molar-refractivity contribution in [1.29, 1.82) is 0 Å². The monoisotopic (exact) mass is 430 g/mol. The standard InChI is InChI=1S/C24H16F2N4O2/c1-13-29-22-16(24(31)32-2)11-15(14-5-8-27-9-6-14)12-20(22)30(13)19-7-10-28-23-18(26)4-3-17(25)21(19)23/h3-12H,1-2H3. The van der Waals surface area contributed by atoms with Crippen LogP contribution in [0.15, 0.2) is 61.1 Å². The molecule has 0 bridgehead atoms. The lowest BCUT2D eigenvalue weighted by Crippen LogP contribution is -2.04. The molecular weight excluding hydrogens is 414 g/mol. The molecule has 8 heteroatoms. The normalized spacial score (nSPS) is 11.2. The number of carbonyl (C=O) groups is 1. The first-order valence-corrected chi connectivity index (χ1v) is 9.74. The number of pyridine rings is 2. The third-order valence-electron chi connectivity index (χ3n) is 5.36. The molecule has 3 aromatic heterocycles. The number of imidazole rings is 1. The summed E-state index contributed by atoms with van der Waals surface area (Å²) in [5, 5.41) is 0.0313. The number of carbonyl (C=O) groups excluding carboxylic acids is 1. The Morgan fingerprint density at radius 1 is 0.938 bits per heavy atom. The van der Waals surface area contributed by atoms with E-state index in [1.165, 1.54) is 13.3 Å². The number of hydrogen-bond acceptors (Lipinski definition) is 5. The highest BCUT2D eigenvalue weighted by atomic mass is 19.1. The van der Waals surface area contributed by atoms with Gasteiger partial charge in [-0.3, -0.25) is 14.5 Å². The molecule has 0 unspecified atom stereocenters. The molecule has 0 saturated carbocycles. The molecule has 6 nitrogen and oxygen atoms in total. The van der Waals surface area contributed by atoms with E-state index in [0.717, 1.165) is 23.3 Å². The average molecular weight is 430 g/mol. The van der Waals surface area contributed by atoms with Gasteiger partial charge in [-0.05, 0) is 60.5 Å². The fourth-order valence-electron chi connectivity index (χ4n) is 3.94. The minimum absolute atomic E-state index is 0.0313. The van der Waals surface area contributed by atoms with Gasteiger partial charge in [-0.15, -0.1) is 0 Å². The lowest BCUT2D eigenvalue weighted by atomic mass is 10.0. The fourth-order valence-corrected chi connectivity index (χ4v) is 3.94. The molecule has 3 heterocycles. The fraction of sp³-hybridized carbons (Fsp3) is 0.0833. The number of benzene rings is 2. The lowest BCUT2D eigenvalue weighted by Gasteiger charge is -2.13. The maximum Gasteiger partial charge on any atom is 0.340 e. The van der Waals surface area contributed by atoms with Crippen molar-refractivity contribution >= 4 is 27.9 Å². The second kappa shape index (κ2) is 7.49. The maximum atomic E-state index is 14.8. The Bertz CT molecular complexity index is 1510. The van der Waals surface area contributed by atoms with Crippen LogP contribution in [-0.2, 0) is 4.74 Å². The van der Waals surface area contributed by atoms with Gasteiger partial charge in [0.2, 0.25) is 0 Å². The molecule has 5 aromatic rings. The summed E-state index contributed by atoms with van der Waals surface area (Å²) in [4.78, 5) is 25.2. The summed E-state index contributed by atoms with van der Waals surface area (Å²) in [6, 6.07) is 10.9. The van der Waals surface area contributed by atoms with Gasteiger partial charge in [0.15, 0.2) is 0 Å². The van der Waals surface area contributed by atoms with Crippen LogP contribution in [0.5, 0.6) is 0 Å². The predicted octanol–water partition coefficient (Wildman–Crippen LogP) is 5.01.